The van der Waals surface area contributed by atoms with Crippen molar-refractivity contribution in [1.82, 2.24) is 24.5 Å². The Kier molecular flexibility index (Phi) is 6.20. The topological polar surface area (TPSA) is 124 Å². The summed E-state index contributed by atoms with van der Waals surface area (Å²) < 4.78 is 14.4. The number of rotatable bonds is 7. The third kappa shape index (κ3) is 4.25. The molecule has 35 heavy (non-hydrogen) atoms. The Bertz CT molecular complexity index is 1290. The number of fused-ring (bicyclic) bond motifs is 1. The number of hydrogen-bond donors (Lipinski definition) is 3. The van der Waals surface area contributed by atoms with Crippen LogP contribution in [0.25, 0.3) is 5.65 Å². The molecule has 2 fully saturated rings. The van der Waals surface area contributed by atoms with Crippen molar-refractivity contribution in [1.29, 1.82) is 0 Å². The Hall–Kier alpha value is -3.44. The summed E-state index contributed by atoms with van der Waals surface area (Å²) in [5, 5.41) is 13.6. The number of nitrogens with one attached hydrogen (secondary N) is 3. The molecule has 2 aliphatic rings. The highest BCUT2D eigenvalue weighted by Gasteiger charge is 2.44. The first-order valence-corrected chi connectivity index (χ1v) is 11.9. The highest BCUT2D eigenvalue weighted by atomic mass is 16.5. The third-order valence-electron chi connectivity index (χ3n) is 7.18. The van der Waals surface area contributed by atoms with Crippen molar-refractivity contribution >= 4 is 28.9 Å². The number of pyridine rings is 1. The van der Waals surface area contributed by atoms with Crippen LogP contribution in [0.15, 0.2) is 35.4 Å². The fourth-order valence-electron chi connectivity index (χ4n) is 4.74. The maximum atomic E-state index is 13.2. The second-order valence-electron chi connectivity index (χ2n) is 9.28. The van der Waals surface area contributed by atoms with Crippen LogP contribution in [0.1, 0.15) is 49.0 Å². The SMILES string of the molecule is CNc1cc(Nc2cccn([C@H]3CCCOC3)c2=O)nc2c(C(=O)N[C@H]3CC[C@]3(C)OC)cnn12. The molecule has 0 aromatic carbocycles. The highest BCUT2D eigenvalue weighted by Crippen LogP contribution is 2.35. The van der Waals surface area contributed by atoms with E-state index >= 15 is 0 Å². The summed E-state index contributed by atoms with van der Waals surface area (Å²) in [6.45, 7) is 3.24. The number of nitrogens with zero attached hydrogens (tertiary/aromatic N) is 4. The molecule has 0 bridgehead atoms. The van der Waals surface area contributed by atoms with Gasteiger partial charge in [-0.3, -0.25) is 9.59 Å². The molecule has 1 aliphatic heterocycles. The molecule has 3 aromatic rings. The Morgan fingerprint density at radius 1 is 1.34 bits per heavy atom. The molecule has 3 aromatic heterocycles. The van der Waals surface area contributed by atoms with Crippen molar-refractivity contribution in [3.05, 3.63) is 46.5 Å². The van der Waals surface area contributed by atoms with Crippen LogP contribution in [-0.2, 0) is 9.47 Å². The van der Waals surface area contributed by atoms with Crippen LogP contribution < -0.4 is 21.5 Å². The molecule has 11 heteroatoms. The summed E-state index contributed by atoms with van der Waals surface area (Å²) >= 11 is 0. The maximum absolute atomic E-state index is 13.2. The lowest BCUT2D eigenvalue weighted by Gasteiger charge is -2.45. The van der Waals surface area contributed by atoms with Crippen molar-refractivity contribution in [2.45, 2.75) is 50.3 Å². The maximum Gasteiger partial charge on any atom is 0.274 e. The van der Waals surface area contributed by atoms with E-state index in [-0.39, 0.29) is 29.2 Å². The second kappa shape index (κ2) is 9.31. The number of hydrogen-bond acceptors (Lipinski definition) is 8. The summed E-state index contributed by atoms with van der Waals surface area (Å²) in [4.78, 5) is 30.9. The average molecular weight is 482 g/mol. The Balaban J connectivity index is 1.45. The molecule has 1 saturated carbocycles. The normalized spacial score (nSPS) is 24.1. The Labute approximate surface area is 202 Å². The largest absolute Gasteiger partial charge is 0.379 e. The number of methoxy groups -OCH3 is 1. The van der Waals surface area contributed by atoms with Crippen molar-refractivity contribution in [3.63, 3.8) is 0 Å². The van der Waals surface area contributed by atoms with Crippen LogP contribution in [0.5, 0.6) is 0 Å². The van der Waals surface area contributed by atoms with Crippen LogP contribution in [0, 0.1) is 0 Å². The van der Waals surface area contributed by atoms with E-state index in [1.54, 1.807) is 41.6 Å². The molecule has 1 amide bonds. The van der Waals surface area contributed by atoms with Gasteiger partial charge in [0.2, 0.25) is 0 Å². The minimum absolute atomic E-state index is 0.00993. The van der Waals surface area contributed by atoms with E-state index in [4.69, 9.17) is 9.47 Å². The van der Waals surface area contributed by atoms with Gasteiger partial charge in [0.25, 0.3) is 11.5 Å². The second-order valence-corrected chi connectivity index (χ2v) is 9.28. The predicted octanol–water partition coefficient (Wildman–Crippen LogP) is 2.33. The summed E-state index contributed by atoms with van der Waals surface area (Å²) in [6, 6.07) is 5.23. The van der Waals surface area contributed by atoms with Crippen LogP contribution in [0.3, 0.4) is 0 Å². The molecule has 1 saturated heterocycles. The van der Waals surface area contributed by atoms with Crippen LogP contribution in [-0.4, -0.2) is 64.1 Å². The molecule has 186 valence electrons. The summed E-state index contributed by atoms with van der Waals surface area (Å²) in [6.07, 6.45) is 6.86. The van der Waals surface area contributed by atoms with Crippen LogP contribution in [0.4, 0.5) is 17.3 Å². The fraction of sp³-hybridized carbons (Fsp3) is 0.500. The standard InChI is InChI=1S/C24H31N7O4/c1-24(34-3)9-8-18(24)28-22(32)16-13-26-31-20(25-2)12-19(29-21(16)31)27-17-7-4-10-30(23(17)33)15-6-5-11-35-14-15/h4,7,10,12-13,15,18,25H,5-6,8-9,11,14H2,1-3H3,(H,27,29)(H,28,32)/t15-,18-,24-/m0/s1. The number of aromatic nitrogens is 4. The summed E-state index contributed by atoms with van der Waals surface area (Å²) in [5.41, 5.74) is 0.609. The molecule has 5 rings (SSSR count). The van der Waals surface area contributed by atoms with Crippen molar-refractivity contribution in [2.75, 3.05) is 38.0 Å². The number of carbonyl (C=O) groups is 1. The van der Waals surface area contributed by atoms with E-state index in [1.807, 2.05) is 13.0 Å². The minimum atomic E-state index is -0.370. The summed E-state index contributed by atoms with van der Waals surface area (Å²) in [7, 11) is 3.42. The lowest BCUT2D eigenvalue weighted by Crippen LogP contribution is -2.59. The van der Waals surface area contributed by atoms with Gasteiger partial charge in [0.05, 0.1) is 30.5 Å². The molecule has 1 aliphatic carbocycles. The van der Waals surface area contributed by atoms with Crippen molar-refractivity contribution < 1.29 is 14.3 Å². The van der Waals surface area contributed by atoms with E-state index < -0.39 is 0 Å². The molecule has 11 nitrogen and oxygen atoms in total. The van der Waals surface area contributed by atoms with E-state index in [0.717, 1.165) is 32.3 Å². The molecule has 3 atom stereocenters. The van der Waals surface area contributed by atoms with Gasteiger partial charge < -0.3 is 30.0 Å². The smallest absolute Gasteiger partial charge is 0.274 e. The molecule has 0 unspecified atom stereocenters. The highest BCUT2D eigenvalue weighted by molar-refractivity contribution is 6.00. The van der Waals surface area contributed by atoms with Gasteiger partial charge in [-0.05, 0) is 44.7 Å². The molecular weight excluding hydrogens is 450 g/mol. The zero-order valence-corrected chi connectivity index (χ0v) is 20.2. The first-order chi connectivity index (χ1) is 16.9. The van der Waals surface area contributed by atoms with E-state index in [1.165, 1.54) is 6.20 Å². The third-order valence-corrected chi connectivity index (χ3v) is 7.18. The molecule has 0 spiro atoms. The molecular formula is C24H31N7O4. The quantitative estimate of drug-likeness (QED) is 0.470. The minimum Gasteiger partial charge on any atom is -0.379 e. The Morgan fingerprint density at radius 3 is 2.89 bits per heavy atom. The molecule has 4 heterocycles. The number of ether oxygens (including phenoxy) is 2. The number of anilines is 3. The number of amides is 1. The van der Waals surface area contributed by atoms with E-state index in [0.29, 0.717) is 35.1 Å². The average Bonchev–Trinajstić information content (AvgIpc) is 3.31. The van der Waals surface area contributed by atoms with Gasteiger partial charge in [0.15, 0.2) is 5.65 Å². The zero-order chi connectivity index (χ0) is 24.6. The first kappa shape index (κ1) is 23.3. The zero-order valence-electron chi connectivity index (χ0n) is 20.2. The van der Waals surface area contributed by atoms with Crippen LogP contribution in [0.2, 0.25) is 0 Å². The van der Waals surface area contributed by atoms with Gasteiger partial charge in [0, 0.05) is 33.0 Å². The van der Waals surface area contributed by atoms with Gasteiger partial charge >= 0.3 is 0 Å². The predicted molar refractivity (Wildman–Crippen MR) is 132 cm³/mol. The molecule has 0 radical (unpaired) electrons. The van der Waals surface area contributed by atoms with Crippen molar-refractivity contribution in [2.24, 2.45) is 0 Å². The Morgan fingerprint density at radius 2 is 2.20 bits per heavy atom. The number of carbonyl (C=O) groups excluding carboxylic acids is 1. The van der Waals surface area contributed by atoms with Gasteiger partial charge in [0.1, 0.15) is 22.9 Å². The van der Waals surface area contributed by atoms with Gasteiger partial charge in [-0.1, -0.05) is 0 Å². The van der Waals surface area contributed by atoms with E-state index in [2.05, 4.69) is 26.0 Å². The molecule has 3 N–H and O–H groups in total. The first-order valence-electron chi connectivity index (χ1n) is 11.9. The van der Waals surface area contributed by atoms with Crippen molar-refractivity contribution in [3.8, 4) is 0 Å². The summed E-state index contributed by atoms with van der Waals surface area (Å²) in [5.74, 6) is 0.787. The van der Waals surface area contributed by atoms with Gasteiger partial charge in [-0.2, -0.15) is 9.61 Å². The monoisotopic (exact) mass is 481 g/mol. The van der Waals surface area contributed by atoms with E-state index in [9.17, 15) is 9.59 Å². The van der Waals surface area contributed by atoms with Gasteiger partial charge in [-0.25, -0.2) is 4.98 Å². The fourth-order valence-corrected chi connectivity index (χ4v) is 4.74. The van der Waals surface area contributed by atoms with Crippen LogP contribution >= 0.6 is 0 Å². The lowest BCUT2D eigenvalue weighted by molar-refractivity contribution is -0.0828. The lowest BCUT2D eigenvalue weighted by atomic mass is 9.76. The van der Waals surface area contributed by atoms with Gasteiger partial charge in [-0.15, -0.1) is 0 Å².